The molecule has 1 amide bonds. The second-order valence-corrected chi connectivity index (χ2v) is 6.18. The maximum absolute atomic E-state index is 12.2. The molecule has 24 heavy (non-hydrogen) atoms. The van der Waals surface area contributed by atoms with Crippen LogP contribution in [0, 0.1) is 6.92 Å². The second kappa shape index (κ2) is 8.49. The number of amides is 1. The summed E-state index contributed by atoms with van der Waals surface area (Å²) in [5.74, 6) is -0.103. The molecule has 5 nitrogen and oxygen atoms in total. The van der Waals surface area contributed by atoms with Gasteiger partial charge in [-0.25, -0.2) is 4.79 Å². The molecule has 2 aromatic rings. The van der Waals surface area contributed by atoms with Crippen molar-refractivity contribution in [3.63, 3.8) is 0 Å². The van der Waals surface area contributed by atoms with Crippen molar-refractivity contribution in [1.29, 1.82) is 0 Å². The van der Waals surface area contributed by atoms with Gasteiger partial charge >= 0.3 is 5.97 Å². The molecule has 0 saturated heterocycles. The third-order valence-corrected chi connectivity index (χ3v) is 4.76. The molecule has 0 bridgehead atoms. The fourth-order valence-electron chi connectivity index (χ4n) is 2.26. The van der Waals surface area contributed by atoms with E-state index in [1.807, 2.05) is 32.0 Å². The molecule has 128 valence electrons. The Labute approximate surface area is 145 Å². The molecule has 1 heterocycles. The van der Waals surface area contributed by atoms with Crippen molar-refractivity contribution in [3.05, 3.63) is 46.3 Å². The normalized spacial score (nSPS) is 10.3. The van der Waals surface area contributed by atoms with Gasteiger partial charge in [-0.2, -0.15) is 0 Å². The van der Waals surface area contributed by atoms with Crippen LogP contribution >= 0.6 is 11.3 Å². The van der Waals surface area contributed by atoms with Crippen LogP contribution in [0.4, 0.5) is 5.00 Å². The van der Waals surface area contributed by atoms with E-state index in [0.29, 0.717) is 22.9 Å². The lowest BCUT2D eigenvalue weighted by Crippen LogP contribution is -2.21. The first kappa shape index (κ1) is 18.0. The molecule has 0 radical (unpaired) electrons. The Morgan fingerprint density at radius 1 is 1.17 bits per heavy atom. The summed E-state index contributed by atoms with van der Waals surface area (Å²) in [6, 6.07) is 9.10. The molecule has 0 spiro atoms. The number of hydrogen-bond donors (Lipinski definition) is 1. The van der Waals surface area contributed by atoms with Crippen LogP contribution < -0.4 is 10.1 Å². The van der Waals surface area contributed by atoms with Gasteiger partial charge in [0, 0.05) is 4.88 Å². The third kappa shape index (κ3) is 4.35. The number of benzene rings is 1. The van der Waals surface area contributed by atoms with E-state index in [1.54, 1.807) is 19.1 Å². The zero-order chi connectivity index (χ0) is 17.5. The van der Waals surface area contributed by atoms with Gasteiger partial charge in [0.15, 0.2) is 6.61 Å². The third-order valence-electron chi connectivity index (χ3n) is 3.41. The number of hydrogen-bond acceptors (Lipinski definition) is 5. The molecule has 0 saturated carbocycles. The van der Waals surface area contributed by atoms with Crippen LogP contribution in [0.2, 0.25) is 0 Å². The minimum absolute atomic E-state index is 0.120. The highest BCUT2D eigenvalue weighted by Gasteiger charge is 2.23. The lowest BCUT2D eigenvalue weighted by molar-refractivity contribution is -0.118. The SMILES string of the molecule is CCOC(=O)c1c(NC(=O)COc2ccccc2)sc(CC)c1C. The second-order valence-electron chi connectivity index (χ2n) is 5.08. The van der Waals surface area contributed by atoms with Crippen molar-refractivity contribution in [2.75, 3.05) is 18.5 Å². The Balaban J connectivity index is 2.10. The summed E-state index contributed by atoms with van der Waals surface area (Å²) in [4.78, 5) is 25.4. The number of carbonyl (C=O) groups is 2. The van der Waals surface area contributed by atoms with Crippen molar-refractivity contribution < 1.29 is 19.1 Å². The topological polar surface area (TPSA) is 64.6 Å². The fourth-order valence-corrected chi connectivity index (χ4v) is 3.41. The lowest BCUT2D eigenvalue weighted by atomic mass is 10.1. The van der Waals surface area contributed by atoms with E-state index in [4.69, 9.17) is 9.47 Å². The molecule has 0 atom stereocenters. The monoisotopic (exact) mass is 347 g/mol. The summed E-state index contributed by atoms with van der Waals surface area (Å²) in [5.41, 5.74) is 1.30. The summed E-state index contributed by atoms with van der Waals surface area (Å²) in [6.45, 7) is 5.81. The molecular weight excluding hydrogens is 326 g/mol. The first-order chi connectivity index (χ1) is 11.6. The predicted molar refractivity (Wildman–Crippen MR) is 95.0 cm³/mol. The van der Waals surface area contributed by atoms with Crippen molar-refractivity contribution in [3.8, 4) is 5.75 Å². The number of esters is 1. The van der Waals surface area contributed by atoms with Crippen LogP contribution in [0.5, 0.6) is 5.75 Å². The maximum Gasteiger partial charge on any atom is 0.341 e. The number of carbonyl (C=O) groups excluding carboxylic acids is 2. The first-order valence-electron chi connectivity index (χ1n) is 7.83. The molecule has 0 aliphatic heterocycles. The standard InChI is InChI=1S/C18H21NO4S/c1-4-14-12(3)16(18(21)22-5-2)17(24-14)19-15(20)11-23-13-9-7-6-8-10-13/h6-10H,4-5,11H2,1-3H3,(H,19,20). The fraction of sp³-hybridized carbons (Fsp3) is 0.333. The van der Waals surface area contributed by atoms with Gasteiger partial charge in [0.25, 0.3) is 5.91 Å². The van der Waals surface area contributed by atoms with Crippen LogP contribution in [0.15, 0.2) is 30.3 Å². The van der Waals surface area contributed by atoms with Crippen molar-refractivity contribution >= 4 is 28.2 Å². The van der Waals surface area contributed by atoms with Gasteiger partial charge in [-0.1, -0.05) is 25.1 Å². The van der Waals surface area contributed by atoms with E-state index in [0.717, 1.165) is 16.9 Å². The van der Waals surface area contributed by atoms with E-state index < -0.39 is 5.97 Å². The van der Waals surface area contributed by atoms with Crippen LogP contribution in [0.25, 0.3) is 0 Å². The van der Waals surface area contributed by atoms with E-state index in [-0.39, 0.29) is 12.5 Å². The van der Waals surface area contributed by atoms with Gasteiger partial charge in [-0.15, -0.1) is 11.3 Å². The average Bonchev–Trinajstić information content (AvgIpc) is 2.89. The van der Waals surface area contributed by atoms with Crippen LogP contribution in [0.1, 0.15) is 34.6 Å². The van der Waals surface area contributed by atoms with Gasteiger partial charge < -0.3 is 14.8 Å². The Bertz CT molecular complexity index is 709. The van der Waals surface area contributed by atoms with Gasteiger partial charge in [0.1, 0.15) is 10.8 Å². The summed E-state index contributed by atoms with van der Waals surface area (Å²) in [5, 5.41) is 3.29. The Morgan fingerprint density at radius 2 is 1.88 bits per heavy atom. The first-order valence-corrected chi connectivity index (χ1v) is 8.65. The molecule has 1 N–H and O–H groups in total. The molecule has 0 fully saturated rings. The lowest BCUT2D eigenvalue weighted by Gasteiger charge is -2.08. The molecule has 2 rings (SSSR count). The van der Waals surface area contributed by atoms with Crippen molar-refractivity contribution in [1.82, 2.24) is 0 Å². The summed E-state index contributed by atoms with van der Waals surface area (Å²) < 4.78 is 10.5. The smallest absolute Gasteiger partial charge is 0.341 e. The van der Waals surface area contributed by atoms with E-state index in [1.165, 1.54) is 11.3 Å². The Kier molecular flexibility index (Phi) is 6.37. The Hall–Kier alpha value is -2.34. The number of ether oxygens (including phenoxy) is 2. The summed E-state index contributed by atoms with van der Waals surface area (Å²) in [7, 11) is 0. The van der Waals surface area contributed by atoms with Crippen molar-refractivity contribution in [2.45, 2.75) is 27.2 Å². The van der Waals surface area contributed by atoms with E-state index in [2.05, 4.69) is 5.32 Å². The van der Waals surface area contributed by atoms with Gasteiger partial charge in [-0.05, 0) is 38.0 Å². The molecule has 1 aromatic heterocycles. The quantitative estimate of drug-likeness (QED) is 0.774. The number of aryl methyl sites for hydroxylation is 1. The van der Waals surface area contributed by atoms with Crippen LogP contribution in [-0.4, -0.2) is 25.1 Å². The van der Waals surface area contributed by atoms with Gasteiger partial charge in [-0.3, -0.25) is 4.79 Å². The molecular formula is C18H21NO4S. The average molecular weight is 347 g/mol. The van der Waals surface area contributed by atoms with Crippen molar-refractivity contribution in [2.24, 2.45) is 0 Å². The number of thiophene rings is 1. The molecule has 6 heteroatoms. The predicted octanol–water partition coefficient (Wildman–Crippen LogP) is 3.81. The minimum atomic E-state index is -0.412. The maximum atomic E-state index is 12.2. The number of anilines is 1. The van der Waals surface area contributed by atoms with Gasteiger partial charge in [0.2, 0.25) is 0 Å². The molecule has 1 aromatic carbocycles. The number of nitrogens with one attached hydrogen (secondary N) is 1. The largest absolute Gasteiger partial charge is 0.484 e. The molecule has 0 unspecified atom stereocenters. The summed E-state index contributed by atoms with van der Waals surface area (Å²) >= 11 is 1.40. The van der Waals surface area contributed by atoms with E-state index in [9.17, 15) is 9.59 Å². The molecule has 0 aliphatic rings. The number of rotatable bonds is 7. The zero-order valence-corrected chi connectivity index (χ0v) is 14.9. The van der Waals surface area contributed by atoms with Crippen LogP contribution in [-0.2, 0) is 16.0 Å². The van der Waals surface area contributed by atoms with E-state index >= 15 is 0 Å². The number of para-hydroxylation sites is 1. The highest BCUT2D eigenvalue weighted by molar-refractivity contribution is 7.17. The Morgan fingerprint density at radius 3 is 2.50 bits per heavy atom. The highest BCUT2D eigenvalue weighted by atomic mass is 32.1. The summed E-state index contributed by atoms with van der Waals surface area (Å²) in [6.07, 6.45) is 0.791. The minimum Gasteiger partial charge on any atom is -0.484 e. The van der Waals surface area contributed by atoms with Crippen LogP contribution in [0.3, 0.4) is 0 Å². The van der Waals surface area contributed by atoms with Gasteiger partial charge in [0.05, 0.1) is 12.2 Å². The molecule has 0 aliphatic carbocycles. The highest BCUT2D eigenvalue weighted by Crippen LogP contribution is 2.34. The zero-order valence-electron chi connectivity index (χ0n) is 14.0.